The summed E-state index contributed by atoms with van der Waals surface area (Å²) in [7, 11) is 1.57. The zero-order chi connectivity index (χ0) is 16.2. The molecule has 1 unspecified atom stereocenters. The molecule has 0 bridgehead atoms. The number of carbonyl (C=O) groups is 2. The molecule has 7 nitrogen and oxygen atoms in total. The van der Waals surface area contributed by atoms with Gasteiger partial charge in [-0.25, -0.2) is 9.59 Å². The van der Waals surface area contributed by atoms with Gasteiger partial charge in [-0.1, -0.05) is 6.07 Å². The Bertz CT molecular complexity index is 530. The fourth-order valence-corrected chi connectivity index (χ4v) is 1.62. The first kappa shape index (κ1) is 16.6. The van der Waals surface area contributed by atoms with Crippen molar-refractivity contribution in [3.8, 4) is 11.5 Å². The first-order chi connectivity index (χ1) is 9.72. The Morgan fingerprint density at radius 1 is 1.24 bits per heavy atom. The van der Waals surface area contributed by atoms with Crippen molar-refractivity contribution >= 4 is 12.0 Å². The van der Waals surface area contributed by atoms with Gasteiger partial charge in [-0.2, -0.15) is 0 Å². The predicted octanol–water partition coefficient (Wildman–Crippen LogP) is 1.14. The predicted molar refractivity (Wildman–Crippen MR) is 76.3 cm³/mol. The van der Waals surface area contributed by atoms with Gasteiger partial charge in [0, 0.05) is 19.5 Å². The van der Waals surface area contributed by atoms with Crippen LogP contribution in [0.5, 0.6) is 11.5 Å². The number of carboxylic acid groups (broad SMARTS) is 1. The lowest BCUT2D eigenvalue weighted by atomic mass is 10.1. The number of hydrogen-bond acceptors (Lipinski definition) is 4. The summed E-state index contributed by atoms with van der Waals surface area (Å²) in [6.07, 6.45) is 0.000842. The number of hydrogen-bond donors (Lipinski definition) is 4. The number of benzene rings is 1. The molecule has 1 rings (SSSR count). The zero-order valence-electron chi connectivity index (χ0n) is 12.2. The number of rotatable bonds is 5. The van der Waals surface area contributed by atoms with Crippen LogP contribution < -0.4 is 5.32 Å². The van der Waals surface area contributed by atoms with E-state index >= 15 is 0 Å². The van der Waals surface area contributed by atoms with Gasteiger partial charge in [0.2, 0.25) is 0 Å². The maximum Gasteiger partial charge on any atom is 0.326 e. The average molecular weight is 296 g/mol. The Hall–Kier alpha value is -2.44. The van der Waals surface area contributed by atoms with E-state index in [4.69, 9.17) is 0 Å². The molecular formula is C14H20N2O5. The van der Waals surface area contributed by atoms with Crippen LogP contribution in [0.15, 0.2) is 18.2 Å². The Morgan fingerprint density at radius 3 is 2.33 bits per heavy atom. The van der Waals surface area contributed by atoms with Crippen molar-refractivity contribution in [1.29, 1.82) is 0 Å². The van der Waals surface area contributed by atoms with Crippen LogP contribution in [0.3, 0.4) is 0 Å². The Balaban J connectivity index is 2.81. The maximum atomic E-state index is 11.9. The van der Waals surface area contributed by atoms with Crippen molar-refractivity contribution in [2.45, 2.75) is 32.4 Å². The third kappa shape index (κ3) is 4.55. The molecule has 116 valence electrons. The molecule has 0 aliphatic heterocycles. The molecule has 0 heterocycles. The maximum absolute atomic E-state index is 11.9. The zero-order valence-corrected chi connectivity index (χ0v) is 12.2. The highest BCUT2D eigenvalue weighted by molar-refractivity contribution is 5.82. The van der Waals surface area contributed by atoms with E-state index in [2.05, 4.69) is 5.32 Å². The van der Waals surface area contributed by atoms with E-state index in [1.54, 1.807) is 7.05 Å². The number of amides is 2. The fourth-order valence-electron chi connectivity index (χ4n) is 1.62. The van der Waals surface area contributed by atoms with Crippen LogP contribution in [0, 0.1) is 0 Å². The van der Waals surface area contributed by atoms with Crippen molar-refractivity contribution in [1.82, 2.24) is 10.2 Å². The van der Waals surface area contributed by atoms with Gasteiger partial charge in [-0.3, -0.25) is 0 Å². The summed E-state index contributed by atoms with van der Waals surface area (Å²) < 4.78 is 0. The van der Waals surface area contributed by atoms with Gasteiger partial charge in [0.25, 0.3) is 0 Å². The molecule has 4 N–H and O–H groups in total. The SMILES string of the molecule is CC(C)N(C)C(=O)NC(Cc1ccc(O)c(O)c1)C(=O)O. The van der Waals surface area contributed by atoms with Crippen molar-refractivity contribution in [3.63, 3.8) is 0 Å². The fraction of sp³-hybridized carbons (Fsp3) is 0.429. The van der Waals surface area contributed by atoms with Crippen molar-refractivity contribution in [3.05, 3.63) is 23.8 Å². The third-order valence-corrected chi connectivity index (χ3v) is 3.17. The molecule has 0 aliphatic carbocycles. The molecule has 0 saturated carbocycles. The van der Waals surface area contributed by atoms with E-state index in [1.807, 2.05) is 13.8 Å². The minimum Gasteiger partial charge on any atom is -0.504 e. The van der Waals surface area contributed by atoms with Gasteiger partial charge in [0.05, 0.1) is 0 Å². The molecule has 0 saturated heterocycles. The largest absolute Gasteiger partial charge is 0.504 e. The van der Waals surface area contributed by atoms with Crippen LogP contribution in [0.25, 0.3) is 0 Å². The second kappa shape index (κ2) is 6.83. The third-order valence-electron chi connectivity index (χ3n) is 3.17. The molecular weight excluding hydrogens is 276 g/mol. The molecule has 0 spiro atoms. The number of phenolic OH excluding ortho intramolecular Hbond substituents is 2. The minimum absolute atomic E-state index is 0.000842. The number of urea groups is 1. The molecule has 0 radical (unpaired) electrons. The molecule has 0 aromatic heterocycles. The molecule has 21 heavy (non-hydrogen) atoms. The van der Waals surface area contributed by atoms with Crippen molar-refractivity contribution < 1.29 is 24.9 Å². The monoisotopic (exact) mass is 296 g/mol. The van der Waals surface area contributed by atoms with Crippen molar-refractivity contribution in [2.75, 3.05) is 7.05 Å². The minimum atomic E-state index is -1.17. The van der Waals surface area contributed by atoms with Crippen LogP contribution >= 0.6 is 0 Å². The average Bonchev–Trinajstić information content (AvgIpc) is 2.40. The van der Waals surface area contributed by atoms with E-state index in [0.717, 1.165) is 0 Å². The summed E-state index contributed by atoms with van der Waals surface area (Å²) in [4.78, 5) is 24.5. The van der Waals surface area contributed by atoms with Crippen LogP contribution in [0.2, 0.25) is 0 Å². The van der Waals surface area contributed by atoms with E-state index in [1.165, 1.54) is 23.1 Å². The van der Waals surface area contributed by atoms with Gasteiger partial charge >= 0.3 is 12.0 Å². The number of carbonyl (C=O) groups excluding carboxylic acids is 1. The van der Waals surface area contributed by atoms with Crippen molar-refractivity contribution in [2.24, 2.45) is 0 Å². The molecule has 0 fully saturated rings. The van der Waals surface area contributed by atoms with E-state index in [-0.39, 0.29) is 24.0 Å². The Morgan fingerprint density at radius 2 is 1.86 bits per heavy atom. The Kier molecular flexibility index (Phi) is 5.40. The standard InChI is InChI=1S/C14H20N2O5/c1-8(2)16(3)14(21)15-10(13(19)20)6-9-4-5-11(17)12(18)7-9/h4-5,7-8,10,17-18H,6H2,1-3H3,(H,15,21)(H,19,20). The van der Waals surface area contributed by atoms with Crippen LogP contribution in [0.1, 0.15) is 19.4 Å². The number of nitrogens with zero attached hydrogens (tertiary/aromatic N) is 1. The summed E-state index contributed by atoms with van der Waals surface area (Å²) in [5.74, 6) is -1.79. The summed E-state index contributed by atoms with van der Waals surface area (Å²) in [6.45, 7) is 3.63. The molecule has 1 atom stereocenters. The first-order valence-electron chi connectivity index (χ1n) is 6.49. The van der Waals surface area contributed by atoms with E-state index in [0.29, 0.717) is 5.56 Å². The molecule has 7 heteroatoms. The second-order valence-electron chi connectivity index (χ2n) is 5.07. The van der Waals surface area contributed by atoms with Gasteiger partial charge in [-0.05, 0) is 31.5 Å². The summed E-state index contributed by atoms with van der Waals surface area (Å²) in [6, 6.07) is 2.36. The number of phenols is 2. The number of aliphatic carboxylic acids is 1. The summed E-state index contributed by atoms with van der Waals surface area (Å²) in [5.41, 5.74) is 0.491. The summed E-state index contributed by atoms with van der Waals surface area (Å²) >= 11 is 0. The normalized spacial score (nSPS) is 12.0. The first-order valence-corrected chi connectivity index (χ1v) is 6.49. The lowest BCUT2D eigenvalue weighted by molar-refractivity contribution is -0.139. The van der Waals surface area contributed by atoms with E-state index in [9.17, 15) is 24.9 Å². The smallest absolute Gasteiger partial charge is 0.326 e. The van der Waals surface area contributed by atoms with Gasteiger partial charge in [0.1, 0.15) is 6.04 Å². The quantitative estimate of drug-likeness (QED) is 0.609. The van der Waals surface area contributed by atoms with Gasteiger partial charge in [0.15, 0.2) is 11.5 Å². The summed E-state index contributed by atoms with van der Waals surface area (Å²) in [5, 5.41) is 30.2. The Labute approximate surface area is 122 Å². The lowest BCUT2D eigenvalue weighted by Gasteiger charge is -2.24. The lowest BCUT2D eigenvalue weighted by Crippen LogP contribution is -2.49. The van der Waals surface area contributed by atoms with Gasteiger partial charge in [-0.15, -0.1) is 0 Å². The number of nitrogens with one attached hydrogen (secondary N) is 1. The molecule has 1 aromatic rings. The van der Waals surface area contributed by atoms with Gasteiger partial charge < -0.3 is 25.5 Å². The highest BCUT2D eigenvalue weighted by Gasteiger charge is 2.23. The number of carboxylic acids is 1. The topological polar surface area (TPSA) is 110 Å². The highest BCUT2D eigenvalue weighted by Crippen LogP contribution is 2.25. The van der Waals surface area contributed by atoms with Crippen LogP contribution in [-0.4, -0.2) is 51.4 Å². The highest BCUT2D eigenvalue weighted by atomic mass is 16.4. The second-order valence-corrected chi connectivity index (χ2v) is 5.07. The molecule has 0 aliphatic rings. The van der Waals surface area contributed by atoms with Crippen LogP contribution in [-0.2, 0) is 11.2 Å². The van der Waals surface area contributed by atoms with E-state index < -0.39 is 18.0 Å². The van der Waals surface area contributed by atoms with Crippen LogP contribution in [0.4, 0.5) is 4.79 Å². The molecule has 1 aromatic carbocycles. The molecule has 2 amide bonds. The number of aromatic hydroxyl groups is 2.